The molecule has 2 atom stereocenters. The van der Waals surface area contributed by atoms with E-state index in [0.717, 1.165) is 22.5 Å². The summed E-state index contributed by atoms with van der Waals surface area (Å²) in [5.74, 6) is 0.0122. The van der Waals surface area contributed by atoms with Gasteiger partial charge in [0.15, 0.2) is 0 Å². The Balaban J connectivity index is 1.58. The molecule has 1 amide bonds. The van der Waals surface area contributed by atoms with Gasteiger partial charge in [0.2, 0.25) is 0 Å². The number of rotatable bonds is 4. The number of hydrogen-bond acceptors (Lipinski definition) is 3. The number of hydrogen-bond donors (Lipinski definition) is 1. The average Bonchev–Trinajstić information content (AvgIpc) is 3.30. The molecule has 0 saturated heterocycles. The Labute approximate surface area is 175 Å². The van der Waals surface area contributed by atoms with Gasteiger partial charge in [-0.3, -0.25) is 4.79 Å². The van der Waals surface area contributed by atoms with E-state index in [1.165, 1.54) is 0 Å². The van der Waals surface area contributed by atoms with Gasteiger partial charge in [-0.2, -0.15) is 5.10 Å². The largest absolute Gasteiger partial charge is 0.361 e. The number of aromatic nitrogens is 2. The van der Waals surface area contributed by atoms with Crippen LogP contribution in [0.5, 0.6) is 0 Å². The topological polar surface area (TPSA) is 50.2 Å². The molecule has 1 aliphatic rings. The van der Waals surface area contributed by atoms with E-state index in [9.17, 15) is 4.79 Å². The van der Waals surface area contributed by atoms with Crippen LogP contribution >= 0.6 is 0 Å². The predicted molar refractivity (Wildman–Crippen MR) is 117 cm³/mol. The molecule has 5 rings (SSSR count). The van der Waals surface area contributed by atoms with E-state index in [4.69, 9.17) is 0 Å². The summed E-state index contributed by atoms with van der Waals surface area (Å²) >= 11 is 0. The van der Waals surface area contributed by atoms with Gasteiger partial charge in [-0.15, -0.1) is 0 Å². The highest BCUT2D eigenvalue weighted by Gasteiger charge is 2.37. The highest BCUT2D eigenvalue weighted by Crippen LogP contribution is 2.38. The number of carbonyl (C=O) groups is 1. The van der Waals surface area contributed by atoms with Crippen LogP contribution in [0.15, 0.2) is 97.3 Å². The minimum atomic E-state index is -0.319. The van der Waals surface area contributed by atoms with Crippen LogP contribution in [0, 0.1) is 0 Å². The van der Waals surface area contributed by atoms with Crippen LogP contribution in [0.1, 0.15) is 40.6 Å². The van der Waals surface area contributed by atoms with E-state index < -0.39 is 0 Å². The van der Waals surface area contributed by atoms with Crippen LogP contribution in [0.2, 0.25) is 0 Å². The molecular formula is C25H22N4O. The quantitative estimate of drug-likeness (QED) is 0.518. The Kier molecular flexibility index (Phi) is 4.56. The Morgan fingerprint density at radius 2 is 1.57 bits per heavy atom. The molecule has 0 aliphatic carbocycles. The first kappa shape index (κ1) is 18.2. The molecule has 2 heterocycles. The Morgan fingerprint density at radius 1 is 0.900 bits per heavy atom. The minimum absolute atomic E-state index is 0.0122. The van der Waals surface area contributed by atoms with Crippen LogP contribution in [0.4, 0.5) is 5.69 Å². The van der Waals surface area contributed by atoms with Crippen molar-refractivity contribution in [2.75, 3.05) is 5.32 Å². The minimum Gasteiger partial charge on any atom is -0.361 e. The number of nitrogens with one attached hydrogen (secondary N) is 1. The Bertz CT molecular complexity index is 1170. The van der Waals surface area contributed by atoms with E-state index in [0.29, 0.717) is 5.56 Å². The summed E-state index contributed by atoms with van der Waals surface area (Å²) < 4.78 is 1.84. The molecular weight excluding hydrogens is 372 g/mol. The van der Waals surface area contributed by atoms with Gasteiger partial charge in [-0.05, 0) is 36.8 Å². The zero-order chi connectivity index (χ0) is 20.5. The predicted octanol–water partition coefficient (Wildman–Crippen LogP) is 5.20. The van der Waals surface area contributed by atoms with Crippen molar-refractivity contribution < 1.29 is 4.79 Å². The maximum absolute atomic E-state index is 13.6. The summed E-state index contributed by atoms with van der Waals surface area (Å²) in [7, 11) is 0. The van der Waals surface area contributed by atoms with Gasteiger partial charge < -0.3 is 10.2 Å². The zero-order valence-corrected chi connectivity index (χ0v) is 16.6. The number of amides is 1. The third-order valence-electron chi connectivity index (χ3n) is 5.60. The molecule has 1 aliphatic heterocycles. The first-order valence-corrected chi connectivity index (χ1v) is 10.1. The van der Waals surface area contributed by atoms with Crippen LogP contribution in [-0.2, 0) is 0 Å². The van der Waals surface area contributed by atoms with E-state index in [1.54, 1.807) is 0 Å². The van der Waals surface area contributed by atoms with E-state index in [1.807, 2.05) is 94.8 Å². The second kappa shape index (κ2) is 7.52. The smallest absolute Gasteiger partial charge is 0.258 e. The highest BCUT2D eigenvalue weighted by atomic mass is 16.2. The summed E-state index contributed by atoms with van der Waals surface area (Å²) in [5.41, 5.74) is 4.54. The third-order valence-corrected chi connectivity index (χ3v) is 5.60. The van der Waals surface area contributed by atoms with Gasteiger partial charge in [-0.1, -0.05) is 60.7 Å². The van der Waals surface area contributed by atoms with Crippen molar-refractivity contribution in [3.05, 3.63) is 114 Å². The fourth-order valence-corrected chi connectivity index (χ4v) is 4.00. The lowest BCUT2D eigenvalue weighted by molar-refractivity contribution is 0.0596. The van der Waals surface area contributed by atoms with E-state index in [2.05, 4.69) is 29.5 Å². The van der Waals surface area contributed by atoms with Gasteiger partial charge >= 0.3 is 0 Å². The Hall–Kier alpha value is -3.86. The molecule has 0 radical (unpaired) electrons. The van der Waals surface area contributed by atoms with Crippen molar-refractivity contribution in [3.63, 3.8) is 0 Å². The lowest BCUT2D eigenvalue weighted by Gasteiger charge is -2.41. The lowest BCUT2D eigenvalue weighted by atomic mass is 10.00. The monoisotopic (exact) mass is 394 g/mol. The molecule has 5 heteroatoms. The second-order valence-electron chi connectivity index (χ2n) is 7.45. The average molecular weight is 394 g/mol. The van der Waals surface area contributed by atoms with Crippen LogP contribution < -0.4 is 5.32 Å². The molecule has 30 heavy (non-hydrogen) atoms. The van der Waals surface area contributed by atoms with Crippen molar-refractivity contribution in [1.29, 1.82) is 0 Å². The fourth-order valence-electron chi connectivity index (χ4n) is 4.00. The molecule has 2 unspecified atom stereocenters. The number of para-hydroxylation sites is 2. The molecule has 0 fully saturated rings. The summed E-state index contributed by atoms with van der Waals surface area (Å²) in [4.78, 5) is 15.5. The van der Waals surface area contributed by atoms with Crippen LogP contribution in [0.25, 0.3) is 5.69 Å². The fraction of sp³-hybridized carbons (Fsp3) is 0.120. The molecule has 3 aromatic carbocycles. The van der Waals surface area contributed by atoms with Crippen molar-refractivity contribution in [2.24, 2.45) is 0 Å². The molecule has 5 nitrogen and oxygen atoms in total. The Morgan fingerprint density at radius 3 is 2.33 bits per heavy atom. The van der Waals surface area contributed by atoms with Crippen molar-refractivity contribution in [2.45, 2.75) is 19.1 Å². The number of nitrogens with zero attached hydrogens (tertiary/aromatic N) is 3. The summed E-state index contributed by atoms with van der Waals surface area (Å²) in [6.45, 7) is 2.07. The van der Waals surface area contributed by atoms with Crippen molar-refractivity contribution in [1.82, 2.24) is 14.7 Å². The molecule has 4 aromatic rings. The maximum atomic E-state index is 13.6. The molecule has 0 spiro atoms. The first-order valence-electron chi connectivity index (χ1n) is 10.1. The molecule has 0 saturated carbocycles. The standard InChI is InChI=1S/C25H22N4O/c1-18(19-10-4-2-5-11-19)29-24(27-23-15-9-8-14-22(23)25(29)30)20-16-26-28(17-20)21-12-6-3-7-13-21/h2-18,24,27H,1H3. The lowest BCUT2D eigenvalue weighted by Crippen LogP contribution is -2.44. The number of carbonyl (C=O) groups excluding carboxylic acids is 1. The van der Waals surface area contributed by atoms with Gasteiger partial charge in [0.1, 0.15) is 6.17 Å². The summed E-state index contributed by atoms with van der Waals surface area (Å²) in [6, 6.07) is 27.6. The molecule has 0 bridgehead atoms. The number of benzene rings is 3. The van der Waals surface area contributed by atoms with E-state index in [-0.39, 0.29) is 18.1 Å². The first-order chi connectivity index (χ1) is 14.7. The summed E-state index contributed by atoms with van der Waals surface area (Å²) in [5, 5.41) is 8.11. The highest BCUT2D eigenvalue weighted by molar-refractivity contribution is 6.02. The zero-order valence-electron chi connectivity index (χ0n) is 16.6. The van der Waals surface area contributed by atoms with Gasteiger partial charge in [0, 0.05) is 17.4 Å². The van der Waals surface area contributed by atoms with Gasteiger partial charge in [-0.25, -0.2) is 4.68 Å². The van der Waals surface area contributed by atoms with Crippen molar-refractivity contribution >= 4 is 11.6 Å². The maximum Gasteiger partial charge on any atom is 0.258 e. The third kappa shape index (κ3) is 3.14. The van der Waals surface area contributed by atoms with Crippen LogP contribution in [0.3, 0.4) is 0 Å². The number of anilines is 1. The second-order valence-corrected chi connectivity index (χ2v) is 7.45. The van der Waals surface area contributed by atoms with Gasteiger partial charge in [0.25, 0.3) is 5.91 Å². The SMILES string of the molecule is CC(c1ccccc1)N1C(=O)c2ccccc2NC1c1cnn(-c2ccccc2)c1. The normalized spacial score (nSPS) is 16.6. The van der Waals surface area contributed by atoms with Gasteiger partial charge in [0.05, 0.1) is 23.5 Å². The van der Waals surface area contributed by atoms with Crippen LogP contribution in [-0.4, -0.2) is 20.6 Å². The summed E-state index contributed by atoms with van der Waals surface area (Å²) in [6.07, 6.45) is 3.50. The molecule has 148 valence electrons. The molecule has 1 aromatic heterocycles. The van der Waals surface area contributed by atoms with Crippen molar-refractivity contribution in [3.8, 4) is 5.69 Å². The number of fused-ring (bicyclic) bond motifs is 1. The van der Waals surface area contributed by atoms with E-state index >= 15 is 0 Å². The molecule has 1 N–H and O–H groups in total.